The number of nitrogens with two attached hydrogens (primary N) is 1. The molecular weight excluding hydrogens is 382 g/mol. The van der Waals surface area contributed by atoms with Crippen LogP contribution in [-0.4, -0.2) is 41.5 Å². The highest BCUT2D eigenvalue weighted by molar-refractivity contribution is 7.13. The first-order valence-corrected chi connectivity index (χ1v) is 9.64. The Morgan fingerprint density at radius 2 is 2.07 bits per heavy atom. The largest absolute Gasteiger partial charge is 0.496 e. The number of ether oxygens (including phenoxy) is 1. The molecule has 2 aromatic rings. The van der Waals surface area contributed by atoms with Crippen LogP contribution in [0.25, 0.3) is 10.6 Å². The first kappa shape index (κ1) is 21.4. The van der Waals surface area contributed by atoms with E-state index in [1.165, 1.54) is 11.3 Å². The van der Waals surface area contributed by atoms with Gasteiger partial charge in [-0.15, -0.1) is 11.3 Å². The van der Waals surface area contributed by atoms with Crippen LogP contribution in [0.15, 0.2) is 29.6 Å². The number of aliphatic carboxylic acids is 1. The summed E-state index contributed by atoms with van der Waals surface area (Å²) in [6.07, 6.45) is 0.717. The maximum Gasteiger partial charge on any atom is 0.312 e. The van der Waals surface area contributed by atoms with Crippen LogP contribution in [-0.2, 0) is 16.0 Å². The standard InChI is InChI=1S/C19H23N3O5S/c1-27-16-7-3-2-6-15(16)17-22-13(11-28-17)10-14(23)9-12(18(24)25)5-4-8-21-19(20)26/h2-3,6-7,11-12H,4-5,8-10H2,1H3,(H,24,25)(H3,20,21,26)/t12-/m0/s1. The zero-order valence-electron chi connectivity index (χ0n) is 15.5. The van der Waals surface area contributed by atoms with Crippen LogP contribution in [0.5, 0.6) is 5.75 Å². The summed E-state index contributed by atoms with van der Waals surface area (Å²) in [5, 5.41) is 14.3. The van der Waals surface area contributed by atoms with Crippen molar-refractivity contribution < 1.29 is 24.2 Å². The fraction of sp³-hybridized carbons (Fsp3) is 0.368. The number of primary amides is 1. The summed E-state index contributed by atoms with van der Waals surface area (Å²) in [6.45, 7) is 0.279. The Morgan fingerprint density at radius 3 is 2.75 bits per heavy atom. The zero-order chi connectivity index (χ0) is 20.5. The van der Waals surface area contributed by atoms with Crippen molar-refractivity contribution in [1.29, 1.82) is 0 Å². The van der Waals surface area contributed by atoms with E-state index in [0.717, 1.165) is 10.6 Å². The average Bonchev–Trinajstić information content (AvgIpc) is 3.11. The van der Waals surface area contributed by atoms with Crippen LogP contribution in [0.4, 0.5) is 4.79 Å². The van der Waals surface area contributed by atoms with Crippen molar-refractivity contribution in [3.63, 3.8) is 0 Å². The molecule has 0 bridgehead atoms. The Balaban J connectivity index is 1.94. The number of carbonyl (C=O) groups excluding carboxylic acids is 2. The van der Waals surface area contributed by atoms with E-state index in [0.29, 0.717) is 17.9 Å². The minimum absolute atomic E-state index is 0.0760. The first-order valence-electron chi connectivity index (χ1n) is 8.76. The van der Waals surface area contributed by atoms with E-state index in [9.17, 15) is 19.5 Å². The quantitative estimate of drug-likeness (QED) is 0.492. The number of nitrogens with one attached hydrogen (secondary N) is 1. The molecule has 0 unspecified atom stereocenters. The molecule has 28 heavy (non-hydrogen) atoms. The van der Waals surface area contributed by atoms with E-state index in [4.69, 9.17) is 10.5 Å². The minimum Gasteiger partial charge on any atom is -0.496 e. The number of nitrogens with zero attached hydrogens (tertiary/aromatic N) is 1. The Morgan fingerprint density at radius 1 is 1.32 bits per heavy atom. The summed E-state index contributed by atoms with van der Waals surface area (Å²) in [6, 6.07) is 6.83. The molecule has 0 saturated carbocycles. The molecule has 1 aromatic heterocycles. The van der Waals surface area contributed by atoms with E-state index < -0.39 is 17.9 Å². The highest BCUT2D eigenvalue weighted by atomic mass is 32.1. The first-order chi connectivity index (χ1) is 13.4. The number of hydrogen-bond donors (Lipinski definition) is 3. The van der Waals surface area contributed by atoms with E-state index in [1.807, 2.05) is 24.3 Å². The molecule has 0 aliphatic carbocycles. The molecule has 2 amide bonds. The fourth-order valence-electron chi connectivity index (χ4n) is 2.76. The number of hydrogen-bond acceptors (Lipinski definition) is 6. The molecule has 0 aliphatic heterocycles. The maximum absolute atomic E-state index is 12.3. The third-order valence-corrected chi connectivity index (χ3v) is 5.04. The molecule has 0 radical (unpaired) electrons. The SMILES string of the molecule is COc1ccccc1-c1nc(CC(=O)C[C@H](CCCNC(N)=O)C(=O)O)cs1. The molecular formula is C19H23N3O5S. The minimum atomic E-state index is -1.03. The monoisotopic (exact) mass is 405 g/mol. The smallest absolute Gasteiger partial charge is 0.312 e. The normalized spacial score (nSPS) is 11.6. The van der Waals surface area contributed by atoms with Crippen LogP contribution in [0.2, 0.25) is 0 Å². The Kier molecular flexibility index (Phi) is 7.94. The number of carboxylic acids is 1. The van der Waals surface area contributed by atoms with Gasteiger partial charge in [0, 0.05) is 24.8 Å². The van der Waals surface area contributed by atoms with E-state index in [-0.39, 0.29) is 31.6 Å². The Hall–Kier alpha value is -2.94. The number of para-hydroxylation sites is 1. The summed E-state index contributed by atoms with van der Waals surface area (Å²) >= 11 is 1.41. The molecule has 0 saturated heterocycles. The lowest BCUT2D eigenvalue weighted by Gasteiger charge is -2.11. The number of ketones is 1. The number of amides is 2. The number of aromatic nitrogens is 1. The van der Waals surface area contributed by atoms with Crippen molar-refractivity contribution in [3.8, 4) is 16.3 Å². The van der Waals surface area contributed by atoms with Gasteiger partial charge in [0.05, 0.1) is 24.3 Å². The molecule has 9 heteroatoms. The maximum atomic E-state index is 12.3. The number of carbonyl (C=O) groups is 3. The van der Waals surface area contributed by atoms with E-state index in [2.05, 4.69) is 10.3 Å². The molecule has 1 aromatic carbocycles. The van der Waals surface area contributed by atoms with Crippen LogP contribution < -0.4 is 15.8 Å². The Labute approximate surface area is 166 Å². The lowest BCUT2D eigenvalue weighted by atomic mass is 9.95. The van der Waals surface area contributed by atoms with Gasteiger partial charge < -0.3 is 20.9 Å². The average molecular weight is 405 g/mol. The second-order valence-corrected chi connectivity index (χ2v) is 7.09. The van der Waals surface area contributed by atoms with Crippen molar-refractivity contribution in [2.24, 2.45) is 11.7 Å². The van der Waals surface area contributed by atoms with Gasteiger partial charge in [0.25, 0.3) is 0 Å². The molecule has 0 aliphatic rings. The van der Waals surface area contributed by atoms with Gasteiger partial charge in [-0.05, 0) is 25.0 Å². The lowest BCUT2D eigenvalue weighted by molar-refractivity contribution is -0.144. The lowest BCUT2D eigenvalue weighted by Crippen LogP contribution is -2.30. The molecule has 0 fully saturated rings. The third-order valence-electron chi connectivity index (χ3n) is 4.12. The summed E-state index contributed by atoms with van der Waals surface area (Å²) < 4.78 is 5.33. The topological polar surface area (TPSA) is 132 Å². The van der Waals surface area contributed by atoms with Gasteiger partial charge >= 0.3 is 12.0 Å². The molecule has 1 heterocycles. The number of Topliss-reactive ketones (excluding diaryl/α,β-unsaturated/α-hetero) is 1. The number of rotatable bonds is 11. The zero-order valence-corrected chi connectivity index (χ0v) is 16.3. The van der Waals surface area contributed by atoms with Gasteiger partial charge in [-0.25, -0.2) is 9.78 Å². The number of thiazole rings is 1. The number of carboxylic acid groups (broad SMARTS) is 1. The summed E-state index contributed by atoms with van der Waals surface area (Å²) in [5.41, 5.74) is 6.42. The molecule has 2 rings (SSSR count). The van der Waals surface area contributed by atoms with Crippen LogP contribution >= 0.6 is 11.3 Å². The molecule has 4 N–H and O–H groups in total. The second kappa shape index (κ2) is 10.4. The molecule has 1 atom stereocenters. The van der Waals surface area contributed by atoms with Crippen molar-refractivity contribution >= 4 is 29.1 Å². The van der Waals surface area contributed by atoms with Crippen LogP contribution in [0.1, 0.15) is 25.0 Å². The molecule has 150 valence electrons. The summed E-state index contributed by atoms with van der Waals surface area (Å²) in [4.78, 5) is 38.8. The van der Waals surface area contributed by atoms with E-state index in [1.54, 1.807) is 12.5 Å². The van der Waals surface area contributed by atoms with Crippen LogP contribution in [0.3, 0.4) is 0 Å². The van der Waals surface area contributed by atoms with Gasteiger partial charge in [-0.1, -0.05) is 12.1 Å². The third kappa shape index (κ3) is 6.34. The van der Waals surface area contributed by atoms with Gasteiger partial charge in [0.2, 0.25) is 0 Å². The molecule has 0 spiro atoms. The molecule has 8 nitrogen and oxygen atoms in total. The van der Waals surface area contributed by atoms with Gasteiger partial charge in [0.15, 0.2) is 0 Å². The van der Waals surface area contributed by atoms with Crippen molar-refractivity contribution in [2.45, 2.75) is 25.7 Å². The highest BCUT2D eigenvalue weighted by Crippen LogP contribution is 2.32. The van der Waals surface area contributed by atoms with Crippen LogP contribution in [0, 0.1) is 5.92 Å². The fourth-order valence-corrected chi connectivity index (χ4v) is 3.60. The van der Waals surface area contributed by atoms with Gasteiger partial charge in [-0.3, -0.25) is 9.59 Å². The van der Waals surface area contributed by atoms with Crippen molar-refractivity contribution in [2.75, 3.05) is 13.7 Å². The Bertz CT molecular complexity index is 836. The number of methoxy groups -OCH3 is 1. The van der Waals surface area contributed by atoms with Gasteiger partial charge in [0.1, 0.15) is 16.5 Å². The summed E-state index contributed by atoms with van der Waals surface area (Å²) in [7, 11) is 1.59. The predicted molar refractivity (Wildman–Crippen MR) is 105 cm³/mol. The predicted octanol–water partition coefficient (Wildman–Crippen LogP) is 2.47. The second-order valence-electron chi connectivity index (χ2n) is 6.23. The van der Waals surface area contributed by atoms with E-state index >= 15 is 0 Å². The van der Waals surface area contributed by atoms with Crippen molar-refractivity contribution in [1.82, 2.24) is 10.3 Å². The van der Waals surface area contributed by atoms with Crippen molar-refractivity contribution in [3.05, 3.63) is 35.3 Å². The number of benzene rings is 1. The summed E-state index contributed by atoms with van der Waals surface area (Å²) in [5.74, 6) is -1.31. The number of urea groups is 1. The highest BCUT2D eigenvalue weighted by Gasteiger charge is 2.22. The van der Waals surface area contributed by atoms with Gasteiger partial charge in [-0.2, -0.15) is 0 Å².